The van der Waals surface area contributed by atoms with E-state index in [0.29, 0.717) is 18.2 Å². The third-order valence-corrected chi connectivity index (χ3v) is 1.68. The monoisotopic (exact) mass is 195 g/mol. The van der Waals surface area contributed by atoms with Crippen LogP contribution < -0.4 is 10.6 Å². The lowest BCUT2D eigenvalue weighted by atomic mass is 10.5. The van der Waals surface area contributed by atoms with Gasteiger partial charge in [0.2, 0.25) is 5.88 Å². The molecule has 7 heteroatoms. The van der Waals surface area contributed by atoms with Gasteiger partial charge in [0.25, 0.3) is 0 Å². The first-order valence-corrected chi connectivity index (χ1v) is 4.06. The number of nitrogens with one attached hydrogen (secondary N) is 2. The Hall–Kier alpha value is -2.05. The molecule has 0 amide bonds. The summed E-state index contributed by atoms with van der Waals surface area (Å²) < 4.78 is 0. The molecule has 0 radical (unpaired) electrons. The third-order valence-electron chi connectivity index (χ3n) is 1.68. The molecule has 0 saturated carbocycles. The van der Waals surface area contributed by atoms with Gasteiger partial charge in [0, 0.05) is 6.54 Å². The van der Waals surface area contributed by atoms with E-state index in [1.807, 2.05) is 0 Å². The van der Waals surface area contributed by atoms with Gasteiger partial charge in [0.15, 0.2) is 5.96 Å². The summed E-state index contributed by atoms with van der Waals surface area (Å²) in [5, 5.41) is 23.9. The number of aromatic nitrogens is 2. The van der Waals surface area contributed by atoms with E-state index in [9.17, 15) is 5.11 Å². The van der Waals surface area contributed by atoms with Gasteiger partial charge in [0.1, 0.15) is 5.69 Å². The minimum absolute atomic E-state index is 0.302. The molecule has 0 aliphatic carbocycles. The van der Waals surface area contributed by atoms with E-state index in [2.05, 4.69) is 25.6 Å². The SMILES string of the molecule is Oc1ncc(NC2=NCCN2)c(O)n1. The summed E-state index contributed by atoms with van der Waals surface area (Å²) in [6, 6.07) is -0.464. The highest BCUT2D eigenvalue weighted by Crippen LogP contribution is 2.20. The highest BCUT2D eigenvalue weighted by molar-refractivity contribution is 5.95. The van der Waals surface area contributed by atoms with E-state index in [-0.39, 0.29) is 5.88 Å². The fourth-order valence-corrected chi connectivity index (χ4v) is 1.06. The molecule has 7 nitrogen and oxygen atoms in total. The van der Waals surface area contributed by atoms with Crippen LogP contribution in [0.1, 0.15) is 0 Å². The van der Waals surface area contributed by atoms with Crippen LogP contribution in [0, 0.1) is 0 Å². The second kappa shape index (κ2) is 3.36. The predicted molar refractivity (Wildman–Crippen MR) is 49.3 cm³/mol. The first kappa shape index (κ1) is 8.54. The van der Waals surface area contributed by atoms with Crippen LogP contribution in [0.25, 0.3) is 0 Å². The lowest BCUT2D eigenvalue weighted by Crippen LogP contribution is -2.26. The van der Waals surface area contributed by atoms with Crippen molar-refractivity contribution in [2.24, 2.45) is 4.99 Å². The normalized spacial score (nSPS) is 14.7. The van der Waals surface area contributed by atoms with E-state index in [0.717, 1.165) is 6.54 Å². The zero-order valence-corrected chi connectivity index (χ0v) is 7.23. The molecule has 0 atom stereocenters. The zero-order chi connectivity index (χ0) is 9.97. The molecule has 0 aromatic carbocycles. The fourth-order valence-electron chi connectivity index (χ4n) is 1.06. The van der Waals surface area contributed by atoms with E-state index >= 15 is 0 Å². The van der Waals surface area contributed by atoms with Crippen LogP contribution >= 0.6 is 0 Å². The number of hydrogen-bond donors (Lipinski definition) is 4. The molecule has 2 heterocycles. The van der Waals surface area contributed by atoms with Crippen molar-refractivity contribution in [3.8, 4) is 11.9 Å². The maximum Gasteiger partial charge on any atom is 0.317 e. The molecule has 0 fully saturated rings. The van der Waals surface area contributed by atoms with Gasteiger partial charge in [-0.25, -0.2) is 4.98 Å². The van der Waals surface area contributed by atoms with Crippen molar-refractivity contribution in [3.63, 3.8) is 0 Å². The smallest absolute Gasteiger partial charge is 0.317 e. The number of nitrogens with zero attached hydrogens (tertiary/aromatic N) is 3. The van der Waals surface area contributed by atoms with Crippen molar-refractivity contribution in [1.82, 2.24) is 15.3 Å². The van der Waals surface area contributed by atoms with Gasteiger partial charge in [-0.15, -0.1) is 0 Å². The lowest BCUT2D eigenvalue weighted by Gasteiger charge is -2.06. The summed E-state index contributed by atoms with van der Waals surface area (Å²) in [6.45, 7) is 1.46. The van der Waals surface area contributed by atoms with Gasteiger partial charge in [0.05, 0.1) is 12.7 Å². The number of aliphatic imine (C=N–C) groups is 1. The molecular weight excluding hydrogens is 186 g/mol. The second-order valence-corrected chi connectivity index (χ2v) is 2.69. The highest BCUT2D eigenvalue weighted by atomic mass is 16.3. The molecule has 1 aliphatic rings. The largest absolute Gasteiger partial charge is 0.492 e. The summed E-state index contributed by atoms with van der Waals surface area (Å²) in [7, 11) is 0. The van der Waals surface area contributed by atoms with E-state index in [1.54, 1.807) is 0 Å². The average molecular weight is 195 g/mol. The molecule has 0 saturated heterocycles. The Morgan fingerprint density at radius 2 is 2.29 bits per heavy atom. The first-order valence-electron chi connectivity index (χ1n) is 4.06. The number of rotatable bonds is 1. The molecule has 1 aromatic heterocycles. The van der Waals surface area contributed by atoms with E-state index in [4.69, 9.17) is 5.11 Å². The molecule has 0 unspecified atom stereocenters. The summed E-state index contributed by atoms with van der Waals surface area (Å²) in [4.78, 5) is 11.0. The van der Waals surface area contributed by atoms with Crippen LogP contribution in [0.3, 0.4) is 0 Å². The van der Waals surface area contributed by atoms with Gasteiger partial charge >= 0.3 is 6.01 Å². The van der Waals surface area contributed by atoms with Crippen molar-refractivity contribution >= 4 is 11.6 Å². The summed E-state index contributed by atoms with van der Waals surface area (Å²) >= 11 is 0. The minimum atomic E-state index is -0.464. The molecule has 0 spiro atoms. The Bertz CT molecular complexity index is 378. The van der Waals surface area contributed by atoms with Crippen molar-refractivity contribution in [2.75, 3.05) is 18.4 Å². The van der Waals surface area contributed by atoms with E-state index in [1.165, 1.54) is 6.20 Å². The van der Waals surface area contributed by atoms with Gasteiger partial charge in [-0.3, -0.25) is 4.99 Å². The lowest BCUT2D eigenvalue weighted by molar-refractivity contribution is 0.399. The van der Waals surface area contributed by atoms with E-state index < -0.39 is 6.01 Å². The molecule has 1 aromatic rings. The van der Waals surface area contributed by atoms with Crippen molar-refractivity contribution in [2.45, 2.75) is 0 Å². The fraction of sp³-hybridized carbons (Fsp3) is 0.286. The van der Waals surface area contributed by atoms with Crippen LogP contribution in [0.5, 0.6) is 11.9 Å². The van der Waals surface area contributed by atoms with Crippen LogP contribution in [0.2, 0.25) is 0 Å². The summed E-state index contributed by atoms with van der Waals surface area (Å²) in [6.07, 6.45) is 1.28. The number of guanidine groups is 1. The summed E-state index contributed by atoms with van der Waals surface area (Å²) in [5.74, 6) is 0.253. The van der Waals surface area contributed by atoms with Crippen molar-refractivity contribution in [3.05, 3.63) is 6.20 Å². The van der Waals surface area contributed by atoms with Gasteiger partial charge in [-0.05, 0) is 0 Å². The molecule has 2 rings (SSSR count). The molecule has 4 N–H and O–H groups in total. The van der Waals surface area contributed by atoms with Crippen LogP contribution in [0.4, 0.5) is 5.69 Å². The standard InChI is InChI=1S/C7H9N5O2/c13-5-4(3-10-7(14)12-5)11-6-8-1-2-9-6/h3H,1-2H2,(H2,8,9,11)(H2,10,12,13,14). The molecule has 0 bridgehead atoms. The Morgan fingerprint density at radius 1 is 1.43 bits per heavy atom. The Labute approximate surface area is 79.5 Å². The first-order chi connectivity index (χ1) is 6.75. The number of hydrogen-bond acceptors (Lipinski definition) is 7. The molecular formula is C7H9N5O2. The van der Waals surface area contributed by atoms with Crippen LogP contribution in [-0.2, 0) is 0 Å². The van der Waals surface area contributed by atoms with Crippen LogP contribution in [-0.4, -0.2) is 39.2 Å². The minimum Gasteiger partial charge on any atom is -0.492 e. The Kier molecular flexibility index (Phi) is 2.05. The van der Waals surface area contributed by atoms with Gasteiger partial charge in [-0.2, -0.15) is 4.98 Å². The maximum absolute atomic E-state index is 9.30. The molecule has 1 aliphatic heterocycles. The maximum atomic E-state index is 9.30. The second-order valence-electron chi connectivity index (χ2n) is 2.69. The topological polar surface area (TPSA) is 103 Å². The Morgan fingerprint density at radius 3 is 2.93 bits per heavy atom. The molecule has 14 heavy (non-hydrogen) atoms. The van der Waals surface area contributed by atoms with Crippen LogP contribution in [0.15, 0.2) is 11.2 Å². The van der Waals surface area contributed by atoms with Crippen molar-refractivity contribution < 1.29 is 10.2 Å². The third kappa shape index (κ3) is 1.65. The number of aromatic hydroxyl groups is 2. The van der Waals surface area contributed by atoms with Gasteiger partial charge < -0.3 is 20.8 Å². The quantitative estimate of drug-likeness (QED) is 0.470. The number of anilines is 1. The molecule has 74 valence electrons. The van der Waals surface area contributed by atoms with Crippen molar-refractivity contribution in [1.29, 1.82) is 0 Å². The average Bonchev–Trinajstić information content (AvgIpc) is 2.62. The highest BCUT2D eigenvalue weighted by Gasteiger charge is 2.09. The Balaban J connectivity index is 2.16. The van der Waals surface area contributed by atoms with Gasteiger partial charge in [-0.1, -0.05) is 0 Å². The zero-order valence-electron chi connectivity index (χ0n) is 7.23. The summed E-state index contributed by atoms with van der Waals surface area (Å²) in [5.41, 5.74) is 0.302. The predicted octanol–water partition coefficient (Wildman–Crippen LogP) is -0.741.